The summed E-state index contributed by atoms with van der Waals surface area (Å²) in [6.07, 6.45) is 5.13. The number of hydrogen-bond acceptors (Lipinski definition) is 11. The number of esters is 1. The van der Waals surface area contributed by atoms with Crippen molar-refractivity contribution >= 4 is 57.7 Å². The van der Waals surface area contributed by atoms with Crippen LogP contribution in [-0.2, 0) is 46.4 Å². The van der Waals surface area contributed by atoms with Gasteiger partial charge in [-0.15, -0.1) is 11.3 Å². The molecule has 2 fully saturated rings. The minimum atomic E-state index is -1.21. The number of thiazole rings is 1. The van der Waals surface area contributed by atoms with Crippen LogP contribution in [0.4, 0.5) is 0 Å². The first-order chi connectivity index (χ1) is 30.1. The highest BCUT2D eigenvalue weighted by Crippen LogP contribution is 2.42. The molecule has 6 atom stereocenters. The SMILES string of the molecule is C=C/C(=C(\N=CC)[C@H](C)OC)c1c2c3cc(ccc3n1CC)-c1csc(n1)[C@@H](OCC)[C@H](NC(=O)[C@H]1C[C@@H]1C(=O)N(C)CCC(C)C)C(=O)N1CCC[C@H](N1)C(=O)OCC(C)(C)C2. The molecule has 1 saturated carbocycles. The number of hydrazine groups is 1. The van der Waals surface area contributed by atoms with Gasteiger partial charge in [0.15, 0.2) is 0 Å². The molecule has 4 heterocycles. The highest BCUT2D eigenvalue weighted by atomic mass is 32.1. The van der Waals surface area contributed by atoms with Crippen molar-refractivity contribution in [1.29, 1.82) is 0 Å². The van der Waals surface area contributed by atoms with Crippen LogP contribution in [0.25, 0.3) is 27.7 Å². The predicted molar refractivity (Wildman–Crippen MR) is 248 cm³/mol. The number of fused-ring (bicyclic) bond motifs is 6. The Hall–Kier alpha value is -4.70. The molecule has 1 aliphatic carbocycles. The zero-order valence-corrected chi connectivity index (χ0v) is 39.6. The van der Waals surface area contributed by atoms with Crippen LogP contribution in [0.2, 0.25) is 0 Å². The summed E-state index contributed by atoms with van der Waals surface area (Å²) < 4.78 is 20.6. The molecule has 1 aromatic carbocycles. The third-order valence-electron chi connectivity index (χ3n) is 12.4. The lowest BCUT2D eigenvalue weighted by atomic mass is 9.84. The van der Waals surface area contributed by atoms with Crippen LogP contribution in [-0.4, -0.2) is 108 Å². The molecule has 2 aliphatic heterocycles. The molecular formula is C48H67N7O7S. The average molecular weight is 886 g/mol. The molecule has 14 nitrogen and oxygen atoms in total. The summed E-state index contributed by atoms with van der Waals surface area (Å²) in [4.78, 5) is 67.7. The van der Waals surface area contributed by atoms with Gasteiger partial charge in [-0.2, -0.15) is 0 Å². The van der Waals surface area contributed by atoms with Crippen molar-refractivity contribution in [2.75, 3.05) is 40.5 Å². The Morgan fingerprint density at radius 1 is 1.21 bits per heavy atom. The smallest absolute Gasteiger partial charge is 0.324 e. The summed E-state index contributed by atoms with van der Waals surface area (Å²) in [6.45, 7) is 22.4. The number of allylic oxidation sites excluding steroid dienone is 2. The molecule has 0 radical (unpaired) electrons. The number of hydrogen-bond donors (Lipinski definition) is 2. The van der Waals surface area contributed by atoms with E-state index in [9.17, 15) is 19.2 Å². The van der Waals surface area contributed by atoms with Crippen LogP contribution in [0.15, 0.2) is 46.9 Å². The maximum atomic E-state index is 14.7. The molecule has 342 valence electrons. The van der Waals surface area contributed by atoms with Crippen LogP contribution in [0.1, 0.15) is 103 Å². The lowest BCUT2D eigenvalue weighted by Gasteiger charge is -2.37. The Kier molecular flexibility index (Phi) is 15.5. The van der Waals surface area contributed by atoms with Crippen LogP contribution in [0, 0.1) is 23.2 Å². The lowest BCUT2D eigenvalue weighted by molar-refractivity contribution is -0.156. The number of rotatable bonds is 14. The number of ether oxygens (including phenoxy) is 3. The second-order valence-electron chi connectivity index (χ2n) is 18.2. The number of aryl methyl sites for hydroxylation is 1. The number of carbonyl (C=O) groups excluding carboxylic acids is 4. The van der Waals surface area contributed by atoms with Crippen molar-refractivity contribution in [1.82, 2.24) is 30.2 Å². The van der Waals surface area contributed by atoms with Gasteiger partial charge in [-0.05, 0) is 83.4 Å². The standard InChI is InChI=1S/C48H67N7O7S/c1-12-31(39(49-13-2)29(7)60-11)41-35-25-48(8,9)27-62-47(59)36-17-16-21-55(52-36)46(58)40(51-43(56)33-24-34(33)45(57)53(10)22-20-28(5)6)42(61-15-4)44-50-37(26-63-44)30-18-19-38(32(35)23-30)54(41)14-3/h12-13,18-19,23,26,28-29,33-34,36,40,42,52H,1,14-17,20-22,24-25,27H2,2-11H3,(H,51,56)/b39-31+,49-13?/t29-,33-,34-,36-,40-,42-/m0/s1. The number of amides is 3. The van der Waals surface area contributed by atoms with Crippen LogP contribution >= 0.6 is 11.3 Å². The first-order valence-electron chi connectivity index (χ1n) is 22.5. The molecule has 1 saturated heterocycles. The number of nitrogens with one attached hydrogen (secondary N) is 2. The van der Waals surface area contributed by atoms with E-state index in [0.717, 1.165) is 45.4 Å². The van der Waals surface area contributed by atoms with E-state index in [2.05, 4.69) is 68.6 Å². The largest absolute Gasteiger partial charge is 0.464 e. The van der Waals surface area contributed by atoms with Crippen LogP contribution in [0.5, 0.6) is 0 Å². The third kappa shape index (κ3) is 10.5. The van der Waals surface area contributed by atoms with Gasteiger partial charge in [0, 0.05) is 79.4 Å². The molecule has 15 heteroatoms. The maximum Gasteiger partial charge on any atom is 0.324 e. The molecule has 3 aromatic rings. The van der Waals surface area contributed by atoms with E-state index in [1.807, 2.05) is 38.3 Å². The Labute approximate surface area is 376 Å². The number of benzene rings is 1. The quantitative estimate of drug-likeness (QED) is 0.0977. The van der Waals surface area contributed by atoms with E-state index in [0.29, 0.717) is 61.9 Å². The van der Waals surface area contributed by atoms with Crippen molar-refractivity contribution in [2.45, 2.75) is 118 Å². The molecule has 2 aromatic heterocycles. The van der Waals surface area contributed by atoms with Gasteiger partial charge in [-0.1, -0.05) is 46.4 Å². The second kappa shape index (κ2) is 20.4. The molecule has 3 aliphatic rings. The van der Waals surface area contributed by atoms with E-state index in [4.69, 9.17) is 24.2 Å². The van der Waals surface area contributed by atoms with Crippen molar-refractivity contribution < 1.29 is 33.4 Å². The first kappa shape index (κ1) is 47.8. The summed E-state index contributed by atoms with van der Waals surface area (Å²) in [7, 11) is 3.44. The number of aromatic nitrogens is 2. The summed E-state index contributed by atoms with van der Waals surface area (Å²) in [6, 6.07) is 4.30. The van der Waals surface area contributed by atoms with Crippen molar-refractivity contribution in [3.05, 3.63) is 58.2 Å². The van der Waals surface area contributed by atoms with Crippen molar-refractivity contribution in [3.63, 3.8) is 0 Å². The minimum absolute atomic E-state index is 0.0716. The fourth-order valence-electron chi connectivity index (χ4n) is 8.72. The Balaban J connectivity index is 1.47. The monoisotopic (exact) mass is 885 g/mol. The number of cyclic esters (lactones) is 1. The van der Waals surface area contributed by atoms with Gasteiger partial charge in [-0.3, -0.25) is 29.2 Å². The van der Waals surface area contributed by atoms with E-state index >= 15 is 0 Å². The highest BCUT2D eigenvalue weighted by Gasteiger charge is 2.51. The maximum absolute atomic E-state index is 14.7. The molecule has 3 amide bonds. The topological polar surface area (TPSA) is 157 Å². The van der Waals surface area contributed by atoms with Gasteiger partial charge < -0.3 is 29.0 Å². The summed E-state index contributed by atoms with van der Waals surface area (Å²) in [5.74, 6) is -1.98. The second-order valence-corrected chi connectivity index (χ2v) is 19.0. The van der Waals surface area contributed by atoms with Gasteiger partial charge in [0.05, 0.1) is 41.6 Å². The molecule has 63 heavy (non-hydrogen) atoms. The number of carbonyl (C=O) groups is 4. The molecule has 0 unspecified atom stereocenters. The normalized spacial score (nSPS) is 23.6. The number of aliphatic imine (C=N–C) groups is 1. The first-order valence-corrected chi connectivity index (χ1v) is 23.4. The summed E-state index contributed by atoms with van der Waals surface area (Å²) in [5.41, 5.74) is 8.82. The van der Waals surface area contributed by atoms with E-state index in [1.165, 1.54) is 16.3 Å². The van der Waals surface area contributed by atoms with Gasteiger partial charge in [0.1, 0.15) is 23.2 Å². The number of nitrogens with zero attached hydrogens (tertiary/aromatic N) is 5. The van der Waals surface area contributed by atoms with E-state index in [1.54, 1.807) is 25.3 Å². The lowest BCUT2D eigenvalue weighted by Crippen LogP contribution is -2.61. The Morgan fingerprint density at radius 3 is 2.63 bits per heavy atom. The Bertz CT molecular complexity index is 2240. The third-order valence-corrected chi connectivity index (χ3v) is 13.3. The fourth-order valence-corrected chi connectivity index (χ4v) is 9.63. The minimum Gasteiger partial charge on any atom is -0.464 e. The predicted octanol–water partition coefficient (Wildman–Crippen LogP) is 7.13. The van der Waals surface area contributed by atoms with Crippen molar-refractivity contribution in [2.24, 2.45) is 28.2 Å². The molecule has 0 spiro atoms. The van der Waals surface area contributed by atoms with Crippen molar-refractivity contribution in [3.8, 4) is 11.3 Å². The fraction of sp³-hybridized carbons (Fsp3) is 0.583. The summed E-state index contributed by atoms with van der Waals surface area (Å²) in [5, 5.41) is 7.90. The van der Waals surface area contributed by atoms with Crippen LogP contribution in [0.3, 0.4) is 0 Å². The van der Waals surface area contributed by atoms with Gasteiger partial charge in [0.2, 0.25) is 11.8 Å². The van der Waals surface area contributed by atoms with E-state index < -0.39 is 53.2 Å². The zero-order chi connectivity index (χ0) is 45.7. The Morgan fingerprint density at radius 2 is 1.97 bits per heavy atom. The molecule has 2 N–H and O–H groups in total. The van der Waals surface area contributed by atoms with Gasteiger partial charge >= 0.3 is 5.97 Å². The molecule has 6 bridgehead atoms. The average Bonchev–Trinajstić information content (AvgIpc) is 3.83. The van der Waals surface area contributed by atoms with Gasteiger partial charge in [0.25, 0.3) is 5.91 Å². The van der Waals surface area contributed by atoms with Gasteiger partial charge in [-0.25, -0.2) is 10.4 Å². The zero-order valence-electron chi connectivity index (χ0n) is 38.8. The summed E-state index contributed by atoms with van der Waals surface area (Å²) >= 11 is 1.36. The highest BCUT2D eigenvalue weighted by molar-refractivity contribution is 7.10. The van der Waals surface area contributed by atoms with Crippen LogP contribution < -0.4 is 10.7 Å². The number of methoxy groups -OCH3 is 1. The molecular weight excluding hydrogens is 819 g/mol. The van der Waals surface area contributed by atoms with E-state index in [-0.39, 0.29) is 25.2 Å². The molecule has 6 rings (SSSR count).